The van der Waals surface area contributed by atoms with Crippen molar-refractivity contribution in [1.82, 2.24) is 0 Å². The lowest BCUT2D eigenvalue weighted by Crippen LogP contribution is -1.93. The maximum atomic E-state index is 2.20. The quantitative estimate of drug-likeness (QED) is 0.165. The molecule has 0 bridgehead atoms. The Labute approximate surface area is 313 Å². The molecule has 6 rings (SSSR count). The summed E-state index contributed by atoms with van der Waals surface area (Å²) in [4.78, 5) is 0. The molecule has 4 aromatic carbocycles. The van der Waals surface area contributed by atoms with Crippen LogP contribution in [0.2, 0.25) is 0 Å². The van der Waals surface area contributed by atoms with Crippen molar-refractivity contribution in [2.45, 2.75) is 118 Å². The topological polar surface area (TPSA) is 0 Å². The maximum Gasteiger partial charge on any atom is 0 e. The second kappa shape index (κ2) is 28.6. The molecule has 2 aliphatic carbocycles. The minimum atomic E-state index is 0. The Bertz CT molecular complexity index is 1230. The van der Waals surface area contributed by atoms with E-state index in [1.807, 2.05) is 0 Å². The molecule has 0 unspecified atom stereocenters. The molecule has 0 aromatic heterocycles. The van der Waals surface area contributed by atoms with Gasteiger partial charge in [0.2, 0.25) is 0 Å². The summed E-state index contributed by atoms with van der Waals surface area (Å²) >= 11 is 0. The first-order valence-electron chi connectivity index (χ1n) is 15.8. The van der Waals surface area contributed by atoms with Gasteiger partial charge in [-0.25, -0.2) is 0 Å². The predicted octanol–water partition coefficient (Wildman–Crippen LogP) is 14.3. The summed E-state index contributed by atoms with van der Waals surface area (Å²) in [5.74, 6) is 0. The van der Waals surface area contributed by atoms with Crippen LogP contribution < -0.4 is 0 Å². The van der Waals surface area contributed by atoms with E-state index in [4.69, 9.17) is 0 Å². The van der Waals surface area contributed by atoms with Crippen LogP contribution in [0.4, 0.5) is 0 Å². The number of rotatable bonds is 0. The van der Waals surface area contributed by atoms with E-state index < -0.39 is 0 Å². The van der Waals surface area contributed by atoms with E-state index in [1.165, 1.54) is 33.0 Å². The SMILES string of the molecule is C.C.C.C1=Cc2ccccc2C1.C1=Cc2ccccc2C1.CC(C)(C)C.CC(C)(C)C.CC(C)(C)C.[B].[B].[B].c1ccc2ccccc2c1. The first-order valence-corrected chi connectivity index (χ1v) is 15.8. The van der Waals surface area contributed by atoms with E-state index >= 15 is 0 Å². The zero-order valence-corrected chi connectivity index (χ0v) is 31.2. The van der Waals surface area contributed by atoms with E-state index in [0.29, 0.717) is 16.2 Å². The summed E-state index contributed by atoms with van der Waals surface area (Å²) in [6.07, 6.45) is 11.0. The molecular formula is C46H72B3. The second-order valence-corrected chi connectivity index (χ2v) is 16.0. The van der Waals surface area contributed by atoms with Crippen molar-refractivity contribution >= 4 is 48.2 Å². The van der Waals surface area contributed by atoms with Crippen molar-refractivity contribution in [3.05, 3.63) is 131 Å². The van der Waals surface area contributed by atoms with Crippen molar-refractivity contribution in [3.8, 4) is 0 Å². The molecule has 4 aromatic rings. The van der Waals surface area contributed by atoms with E-state index in [-0.39, 0.29) is 47.5 Å². The maximum absolute atomic E-state index is 2.20. The fourth-order valence-corrected chi connectivity index (χ4v) is 3.52. The molecule has 0 heterocycles. The van der Waals surface area contributed by atoms with Crippen molar-refractivity contribution < 1.29 is 0 Å². The Morgan fingerprint density at radius 1 is 0.347 bits per heavy atom. The fraction of sp³-hybridized carbons (Fsp3) is 0.435. The predicted molar refractivity (Wildman–Crippen MR) is 235 cm³/mol. The summed E-state index contributed by atoms with van der Waals surface area (Å²) in [7, 11) is 0. The minimum Gasteiger partial charge on any atom is -0.0795 e. The molecule has 0 nitrogen and oxygen atoms in total. The summed E-state index contributed by atoms with van der Waals surface area (Å²) in [5.41, 5.74) is 7.19. The van der Waals surface area contributed by atoms with Gasteiger partial charge in [-0.1, -0.05) is 227 Å². The molecule has 2 aliphatic rings. The van der Waals surface area contributed by atoms with Gasteiger partial charge in [0.15, 0.2) is 0 Å². The lowest BCUT2D eigenvalue weighted by Gasteiger charge is -2.05. The van der Waals surface area contributed by atoms with E-state index in [0.717, 1.165) is 12.8 Å². The Morgan fingerprint density at radius 2 is 0.551 bits per heavy atom. The van der Waals surface area contributed by atoms with Gasteiger partial charge >= 0.3 is 0 Å². The van der Waals surface area contributed by atoms with Crippen LogP contribution in [-0.4, -0.2) is 25.2 Å². The monoisotopic (exact) mass is 658 g/mol. The Morgan fingerprint density at radius 3 is 0.776 bits per heavy atom. The first-order chi connectivity index (χ1) is 19.9. The van der Waals surface area contributed by atoms with Crippen LogP contribution in [0.1, 0.15) is 128 Å². The third-order valence-electron chi connectivity index (χ3n) is 5.04. The fourth-order valence-electron chi connectivity index (χ4n) is 3.52. The molecule has 0 spiro atoms. The van der Waals surface area contributed by atoms with Gasteiger partial charge < -0.3 is 0 Å². The van der Waals surface area contributed by atoms with Gasteiger partial charge in [0.25, 0.3) is 0 Å². The second-order valence-electron chi connectivity index (χ2n) is 16.0. The number of allylic oxidation sites excluding steroid dienone is 2. The van der Waals surface area contributed by atoms with Gasteiger partial charge in [-0.2, -0.15) is 0 Å². The van der Waals surface area contributed by atoms with Gasteiger partial charge in [0.05, 0.1) is 0 Å². The summed E-state index contributed by atoms with van der Waals surface area (Å²) in [5, 5.41) is 2.62. The van der Waals surface area contributed by atoms with Gasteiger partial charge in [-0.3, -0.25) is 0 Å². The molecule has 0 amide bonds. The third-order valence-corrected chi connectivity index (χ3v) is 5.04. The Balaban J connectivity index is -0.000000113. The average Bonchev–Trinajstić information content (AvgIpc) is 3.56. The number of hydrogen-bond donors (Lipinski definition) is 0. The van der Waals surface area contributed by atoms with Gasteiger partial charge in [0.1, 0.15) is 0 Å². The van der Waals surface area contributed by atoms with Crippen LogP contribution >= 0.6 is 0 Å². The highest BCUT2D eigenvalue weighted by Gasteiger charge is 2.01. The lowest BCUT2D eigenvalue weighted by atomic mass is 10.0. The van der Waals surface area contributed by atoms with Crippen LogP contribution in [0.5, 0.6) is 0 Å². The molecule has 0 N–H and O–H groups in total. The van der Waals surface area contributed by atoms with Gasteiger partial charge in [-0.05, 0) is 62.1 Å². The summed E-state index contributed by atoms with van der Waals surface area (Å²) in [6, 6.07) is 33.7. The molecule has 0 aliphatic heterocycles. The molecule has 0 fully saturated rings. The van der Waals surface area contributed by atoms with Gasteiger partial charge in [0, 0.05) is 25.2 Å². The van der Waals surface area contributed by atoms with Crippen LogP contribution in [0.25, 0.3) is 22.9 Å². The summed E-state index contributed by atoms with van der Waals surface area (Å²) in [6.45, 7) is 26.2. The van der Waals surface area contributed by atoms with Crippen LogP contribution in [0.15, 0.2) is 109 Å². The van der Waals surface area contributed by atoms with Gasteiger partial charge in [-0.15, -0.1) is 0 Å². The molecule has 265 valence electrons. The number of fused-ring (bicyclic) bond motifs is 3. The Hall–Kier alpha value is -3.19. The third kappa shape index (κ3) is 34.5. The summed E-state index contributed by atoms with van der Waals surface area (Å²) < 4.78 is 0. The highest BCUT2D eigenvalue weighted by Crippen LogP contribution is 2.18. The molecule has 0 atom stereocenters. The van der Waals surface area contributed by atoms with Crippen LogP contribution in [-0.2, 0) is 12.8 Å². The lowest BCUT2D eigenvalue weighted by molar-refractivity contribution is 0.469. The van der Waals surface area contributed by atoms with Crippen molar-refractivity contribution in [1.29, 1.82) is 0 Å². The number of benzene rings is 4. The normalized spacial score (nSPS) is 10.8. The highest BCUT2D eigenvalue weighted by atomic mass is 14.1. The standard InChI is InChI=1S/C10H8.2C9H8.3C5H12.3CH4.3B/c1-2-6-10-8-4-3-7-9(10)5-1;2*1-2-5-9-7-3-6-8(9)4-1;3*1-5(2,3)4;;;;;;/h1-8H;2*1-6H,7H2;3*1-4H3;3*1H4;;;. The highest BCUT2D eigenvalue weighted by molar-refractivity contribution is 5.82. The smallest absolute Gasteiger partial charge is 0 e. The van der Waals surface area contributed by atoms with Crippen molar-refractivity contribution in [2.24, 2.45) is 16.2 Å². The first kappa shape index (κ1) is 58.0. The molecule has 49 heavy (non-hydrogen) atoms. The minimum absolute atomic E-state index is 0. The van der Waals surface area contributed by atoms with E-state index in [1.54, 1.807) is 0 Å². The van der Waals surface area contributed by atoms with Crippen molar-refractivity contribution in [2.75, 3.05) is 0 Å². The Kier molecular flexibility index (Phi) is 33.9. The molecule has 3 heteroatoms. The number of hydrogen-bond acceptors (Lipinski definition) is 0. The molecule has 0 saturated carbocycles. The van der Waals surface area contributed by atoms with E-state index in [9.17, 15) is 0 Å². The largest absolute Gasteiger partial charge is 0.0795 e. The molecular weight excluding hydrogens is 585 g/mol. The molecule has 0 saturated heterocycles. The molecule has 9 radical (unpaired) electrons. The average molecular weight is 658 g/mol. The van der Waals surface area contributed by atoms with Crippen molar-refractivity contribution in [3.63, 3.8) is 0 Å². The zero-order chi connectivity index (χ0) is 32.5. The van der Waals surface area contributed by atoms with E-state index in [2.05, 4.69) is 204 Å². The zero-order valence-electron chi connectivity index (χ0n) is 31.2. The van der Waals surface area contributed by atoms with Crippen LogP contribution in [0, 0.1) is 16.2 Å². The van der Waals surface area contributed by atoms with Crippen LogP contribution in [0.3, 0.4) is 0 Å².